The van der Waals surface area contributed by atoms with Crippen molar-refractivity contribution in [2.75, 3.05) is 38.3 Å². The maximum absolute atomic E-state index is 12.4. The van der Waals surface area contributed by atoms with Crippen LogP contribution in [0.4, 0.5) is 10.7 Å². The number of urea groups is 1. The molecule has 4 rings (SSSR count). The van der Waals surface area contributed by atoms with Gasteiger partial charge in [-0.2, -0.15) is 4.98 Å². The molecular formula is C18H24N6O3. The lowest BCUT2D eigenvalue weighted by molar-refractivity contribution is 0.143. The summed E-state index contributed by atoms with van der Waals surface area (Å²) in [6, 6.07) is 5.89. The number of aryl methyl sites for hydroxylation is 2. The molecule has 0 bridgehead atoms. The average Bonchev–Trinajstić information content (AvgIpc) is 3.27. The zero-order valence-electron chi connectivity index (χ0n) is 15.6. The molecule has 0 aliphatic carbocycles. The van der Waals surface area contributed by atoms with Crippen LogP contribution in [0, 0.1) is 0 Å². The monoisotopic (exact) mass is 372 g/mol. The van der Waals surface area contributed by atoms with Crippen molar-refractivity contribution in [3.05, 3.63) is 29.6 Å². The number of carbonyl (C=O) groups is 1. The number of hydrogen-bond acceptors (Lipinski definition) is 6. The number of anilines is 1. The van der Waals surface area contributed by atoms with Gasteiger partial charge in [0.1, 0.15) is 5.82 Å². The number of amides is 2. The Morgan fingerprint density at radius 2 is 1.96 bits per heavy atom. The van der Waals surface area contributed by atoms with Crippen LogP contribution >= 0.6 is 0 Å². The molecule has 1 saturated heterocycles. The summed E-state index contributed by atoms with van der Waals surface area (Å²) in [6.07, 6.45) is 0.776. The first-order valence-electron chi connectivity index (χ1n) is 9.19. The summed E-state index contributed by atoms with van der Waals surface area (Å²) in [4.78, 5) is 20.9. The minimum atomic E-state index is -0.147. The largest absolute Gasteiger partial charge is 0.454 e. The van der Waals surface area contributed by atoms with Crippen LogP contribution < -0.4 is 14.8 Å². The third-order valence-electron chi connectivity index (χ3n) is 4.89. The van der Waals surface area contributed by atoms with Gasteiger partial charge < -0.3 is 14.4 Å². The molecule has 0 spiro atoms. The SMILES string of the molecule is CCc1nc(NC(=O)N2CCN(Cc3ccc4c(c3)OCO4)CC2)nn1C. The van der Waals surface area contributed by atoms with E-state index >= 15 is 0 Å². The number of nitrogens with zero attached hydrogens (tertiary/aromatic N) is 5. The molecule has 27 heavy (non-hydrogen) atoms. The van der Waals surface area contributed by atoms with E-state index in [0.29, 0.717) is 19.0 Å². The summed E-state index contributed by atoms with van der Waals surface area (Å²) in [5.41, 5.74) is 1.18. The van der Waals surface area contributed by atoms with Gasteiger partial charge in [0.05, 0.1) is 0 Å². The third-order valence-corrected chi connectivity index (χ3v) is 4.89. The Hall–Kier alpha value is -2.81. The number of rotatable bonds is 4. The van der Waals surface area contributed by atoms with Crippen molar-refractivity contribution in [2.45, 2.75) is 19.9 Å². The topological polar surface area (TPSA) is 84.8 Å². The Balaban J connectivity index is 1.28. The van der Waals surface area contributed by atoms with E-state index in [-0.39, 0.29) is 12.8 Å². The Morgan fingerprint density at radius 1 is 1.19 bits per heavy atom. The van der Waals surface area contributed by atoms with Crippen LogP contribution in [0.25, 0.3) is 0 Å². The van der Waals surface area contributed by atoms with Gasteiger partial charge in [0, 0.05) is 46.2 Å². The number of benzene rings is 1. The van der Waals surface area contributed by atoms with Crippen molar-refractivity contribution >= 4 is 12.0 Å². The number of fused-ring (bicyclic) bond motifs is 1. The van der Waals surface area contributed by atoms with E-state index in [0.717, 1.165) is 43.4 Å². The highest BCUT2D eigenvalue weighted by molar-refractivity contribution is 5.87. The van der Waals surface area contributed by atoms with Gasteiger partial charge in [0.2, 0.25) is 12.7 Å². The predicted molar refractivity (Wildman–Crippen MR) is 98.8 cm³/mol. The molecule has 9 nitrogen and oxygen atoms in total. The van der Waals surface area contributed by atoms with E-state index in [9.17, 15) is 4.79 Å². The second-order valence-corrected chi connectivity index (χ2v) is 6.71. The molecule has 0 radical (unpaired) electrons. The molecule has 2 aliphatic heterocycles. The van der Waals surface area contributed by atoms with Gasteiger partial charge in [0.25, 0.3) is 0 Å². The Bertz CT molecular complexity index is 828. The third kappa shape index (κ3) is 3.82. The predicted octanol–water partition coefficient (Wildman–Crippen LogP) is 1.46. The minimum Gasteiger partial charge on any atom is -0.454 e. The number of piperazine rings is 1. The fraction of sp³-hybridized carbons (Fsp3) is 0.500. The fourth-order valence-electron chi connectivity index (χ4n) is 3.36. The minimum absolute atomic E-state index is 0.147. The van der Waals surface area contributed by atoms with E-state index in [2.05, 4.69) is 26.4 Å². The van der Waals surface area contributed by atoms with E-state index in [1.165, 1.54) is 5.56 Å². The number of aromatic nitrogens is 3. The number of hydrogen-bond donors (Lipinski definition) is 1. The lowest BCUT2D eigenvalue weighted by Crippen LogP contribution is -2.49. The van der Waals surface area contributed by atoms with Gasteiger partial charge in [-0.1, -0.05) is 13.0 Å². The van der Waals surface area contributed by atoms with Crippen molar-refractivity contribution < 1.29 is 14.3 Å². The summed E-state index contributed by atoms with van der Waals surface area (Å²) < 4.78 is 12.5. The fourth-order valence-corrected chi connectivity index (χ4v) is 3.36. The molecule has 2 aliphatic rings. The summed E-state index contributed by atoms with van der Waals surface area (Å²) in [5.74, 6) is 2.82. The molecule has 0 atom stereocenters. The highest BCUT2D eigenvalue weighted by Crippen LogP contribution is 2.32. The van der Waals surface area contributed by atoms with Crippen LogP contribution in [0.1, 0.15) is 18.3 Å². The quantitative estimate of drug-likeness (QED) is 0.875. The van der Waals surface area contributed by atoms with Crippen molar-refractivity contribution in [3.63, 3.8) is 0 Å². The molecule has 9 heteroatoms. The number of ether oxygens (including phenoxy) is 2. The molecular weight excluding hydrogens is 348 g/mol. The Morgan fingerprint density at radius 3 is 2.70 bits per heavy atom. The van der Waals surface area contributed by atoms with Gasteiger partial charge in [-0.15, -0.1) is 5.10 Å². The maximum atomic E-state index is 12.4. The van der Waals surface area contributed by atoms with Gasteiger partial charge in [-0.25, -0.2) is 4.79 Å². The van der Waals surface area contributed by atoms with Crippen LogP contribution in [0.15, 0.2) is 18.2 Å². The Labute approximate surface area is 157 Å². The molecule has 1 fully saturated rings. The first-order chi connectivity index (χ1) is 13.1. The molecule has 2 amide bonds. The zero-order valence-corrected chi connectivity index (χ0v) is 15.6. The van der Waals surface area contributed by atoms with Crippen LogP contribution in [0.3, 0.4) is 0 Å². The van der Waals surface area contributed by atoms with Gasteiger partial charge in [0.15, 0.2) is 11.5 Å². The summed E-state index contributed by atoms with van der Waals surface area (Å²) in [5, 5.41) is 7.02. The molecule has 144 valence electrons. The van der Waals surface area contributed by atoms with Crippen LogP contribution in [0.5, 0.6) is 11.5 Å². The maximum Gasteiger partial charge on any atom is 0.324 e. The smallest absolute Gasteiger partial charge is 0.324 e. The first-order valence-corrected chi connectivity index (χ1v) is 9.19. The van der Waals surface area contributed by atoms with E-state index in [1.807, 2.05) is 26.1 Å². The normalized spacial score (nSPS) is 16.6. The van der Waals surface area contributed by atoms with Crippen molar-refractivity contribution in [2.24, 2.45) is 7.05 Å². The summed E-state index contributed by atoms with van der Waals surface area (Å²) >= 11 is 0. The summed E-state index contributed by atoms with van der Waals surface area (Å²) in [6.45, 7) is 6.10. The second kappa shape index (κ2) is 7.43. The lowest BCUT2D eigenvalue weighted by Gasteiger charge is -2.34. The first kappa shape index (κ1) is 17.6. The molecule has 1 N–H and O–H groups in total. The van der Waals surface area contributed by atoms with Gasteiger partial charge in [-0.05, 0) is 17.7 Å². The van der Waals surface area contributed by atoms with E-state index in [4.69, 9.17) is 9.47 Å². The number of nitrogens with one attached hydrogen (secondary N) is 1. The van der Waals surface area contributed by atoms with Crippen molar-refractivity contribution in [1.29, 1.82) is 0 Å². The second-order valence-electron chi connectivity index (χ2n) is 6.71. The average molecular weight is 372 g/mol. The highest BCUT2D eigenvalue weighted by atomic mass is 16.7. The standard InChI is InChI=1S/C18H24N6O3/c1-3-16-19-17(21-22(16)2)20-18(25)24-8-6-23(7-9-24)11-13-4-5-14-15(10-13)27-12-26-14/h4-5,10H,3,6-9,11-12H2,1-2H3,(H,20,21,25). The van der Waals surface area contributed by atoms with Crippen molar-refractivity contribution in [3.8, 4) is 11.5 Å². The molecule has 1 aromatic heterocycles. The molecule has 2 aromatic rings. The van der Waals surface area contributed by atoms with E-state index < -0.39 is 0 Å². The van der Waals surface area contributed by atoms with Crippen LogP contribution in [-0.2, 0) is 20.0 Å². The van der Waals surface area contributed by atoms with Crippen LogP contribution in [0.2, 0.25) is 0 Å². The van der Waals surface area contributed by atoms with Crippen LogP contribution in [-0.4, -0.2) is 63.6 Å². The Kier molecular flexibility index (Phi) is 4.85. The molecule has 0 saturated carbocycles. The number of carbonyl (C=O) groups excluding carboxylic acids is 1. The molecule has 0 unspecified atom stereocenters. The van der Waals surface area contributed by atoms with Gasteiger partial charge >= 0.3 is 6.03 Å². The highest BCUT2D eigenvalue weighted by Gasteiger charge is 2.23. The lowest BCUT2D eigenvalue weighted by atomic mass is 10.1. The van der Waals surface area contributed by atoms with E-state index in [1.54, 1.807) is 9.58 Å². The van der Waals surface area contributed by atoms with Crippen molar-refractivity contribution in [1.82, 2.24) is 24.6 Å². The molecule has 3 heterocycles. The summed E-state index contributed by atoms with van der Waals surface area (Å²) in [7, 11) is 1.83. The van der Waals surface area contributed by atoms with Gasteiger partial charge in [-0.3, -0.25) is 14.9 Å². The molecule has 1 aromatic carbocycles. The zero-order chi connectivity index (χ0) is 18.8.